The molecule has 2 amide bonds. The molecular formula is C20H28N6O2. The Bertz CT molecular complexity index is 819. The van der Waals surface area contributed by atoms with Gasteiger partial charge < -0.3 is 10.2 Å². The summed E-state index contributed by atoms with van der Waals surface area (Å²) in [6, 6.07) is 9.80. The third-order valence-electron chi connectivity index (χ3n) is 5.14. The third-order valence-corrected chi connectivity index (χ3v) is 5.14. The van der Waals surface area contributed by atoms with Crippen LogP contribution in [0.2, 0.25) is 0 Å². The minimum absolute atomic E-state index is 0.101. The van der Waals surface area contributed by atoms with Gasteiger partial charge in [-0.15, -0.1) is 0 Å². The number of hydrogen-bond acceptors (Lipinski definition) is 5. The first-order chi connectivity index (χ1) is 13.5. The zero-order valence-electron chi connectivity index (χ0n) is 16.8. The summed E-state index contributed by atoms with van der Waals surface area (Å²) in [5, 5.41) is 6.96. The SMILES string of the molecule is CNC(=O)C1CN(CCc2ccccc2)CCN1C(=O)Cn1nc(C)nc1C. The first-order valence-corrected chi connectivity index (χ1v) is 9.63. The van der Waals surface area contributed by atoms with E-state index >= 15 is 0 Å². The molecule has 3 rings (SSSR count). The van der Waals surface area contributed by atoms with Crippen LogP contribution in [-0.4, -0.2) is 75.6 Å². The third kappa shape index (κ3) is 4.75. The second-order valence-corrected chi connectivity index (χ2v) is 7.12. The van der Waals surface area contributed by atoms with Crippen LogP contribution in [0.5, 0.6) is 0 Å². The molecule has 1 atom stereocenters. The number of rotatable bonds is 6. The van der Waals surface area contributed by atoms with Gasteiger partial charge in [0.15, 0.2) is 0 Å². The molecular weight excluding hydrogens is 356 g/mol. The van der Waals surface area contributed by atoms with Crippen molar-refractivity contribution in [3.63, 3.8) is 0 Å². The number of nitrogens with one attached hydrogen (secondary N) is 1. The van der Waals surface area contributed by atoms with Crippen LogP contribution < -0.4 is 5.32 Å². The lowest BCUT2D eigenvalue weighted by molar-refractivity contribution is -0.144. The van der Waals surface area contributed by atoms with Crippen LogP contribution in [0.3, 0.4) is 0 Å². The molecule has 1 fully saturated rings. The number of piperazine rings is 1. The Kier molecular flexibility index (Phi) is 6.41. The maximum atomic E-state index is 12.9. The molecule has 1 aliphatic rings. The Hall–Kier alpha value is -2.74. The molecule has 1 aliphatic heterocycles. The van der Waals surface area contributed by atoms with E-state index in [2.05, 4.69) is 32.4 Å². The number of carbonyl (C=O) groups excluding carboxylic acids is 2. The summed E-state index contributed by atoms with van der Waals surface area (Å²) in [6.07, 6.45) is 0.923. The monoisotopic (exact) mass is 384 g/mol. The average molecular weight is 384 g/mol. The molecule has 0 spiro atoms. The lowest BCUT2D eigenvalue weighted by Gasteiger charge is -2.40. The smallest absolute Gasteiger partial charge is 0.245 e. The van der Waals surface area contributed by atoms with Crippen molar-refractivity contribution in [2.24, 2.45) is 0 Å². The van der Waals surface area contributed by atoms with Crippen LogP contribution in [0.4, 0.5) is 0 Å². The summed E-state index contributed by atoms with van der Waals surface area (Å²) in [7, 11) is 1.61. The highest BCUT2D eigenvalue weighted by molar-refractivity contribution is 5.88. The molecule has 0 radical (unpaired) electrons. The van der Waals surface area contributed by atoms with E-state index in [4.69, 9.17) is 0 Å². The molecule has 1 aromatic carbocycles. The largest absolute Gasteiger partial charge is 0.357 e. The van der Waals surface area contributed by atoms with Gasteiger partial charge in [-0.3, -0.25) is 14.5 Å². The second-order valence-electron chi connectivity index (χ2n) is 7.12. The Morgan fingerprint density at radius 3 is 2.57 bits per heavy atom. The maximum Gasteiger partial charge on any atom is 0.245 e. The topological polar surface area (TPSA) is 83.4 Å². The van der Waals surface area contributed by atoms with E-state index < -0.39 is 6.04 Å². The normalized spacial score (nSPS) is 17.5. The van der Waals surface area contributed by atoms with E-state index in [9.17, 15) is 9.59 Å². The summed E-state index contributed by atoms with van der Waals surface area (Å²) in [5.74, 6) is 1.09. The summed E-state index contributed by atoms with van der Waals surface area (Å²) in [6.45, 7) is 6.40. The molecule has 2 aromatic rings. The van der Waals surface area contributed by atoms with Crippen LogP contribution in [-0.2, 0) is 22.6 Å². The highest BCUT2D eigenvalue weighted by Gasteiger charge is 2.34. The molecule has 1 aromatic heterocycles. The summed E-state index contributed by atoms with van der Waals surface area (Å²) >= 11 is 0. The lowest BCUT2D eigenvalue weighted by Crippen LogP contribution is -2.61. The number of hydrogen-bond donors (Lipinski definition) is 1. The molecule has 28 heavy (non-hydrogen) atoms. The van der Waals surface area contributed by atoms with Gasteiger partial charge in [-0.2, -0.15) is 5.10 Å². The highest BCUT2D eigenvalue weighted by Crippen LogP contribution is 2.13. The molecule has 0 aliphatic carbocycles. The zero-order valence-corrected chi connectivity index (χ0v) is 16.8. The van der Waals surface area contributed by atoms with E-state index in [0.29, 0.717) is 24.7 Å². The predicted molar refractivity (Wildman–Crippen MR) is 106 cm³/mol. The fourth-order valence-corrected chi connectivity index (χ4v) is 3.59. The first-order valence-electron chi connectivity index (χ1n) is 9.63. The number of aryl methyl sites for hydroxylation is 2. The second kappa shape index (κ2) is 8.97. The summed E-state index contributed by atoms with van der Waals surface area (Å²) < 4.78 is 1.60. The Morgan fingerprint density at radius 2 is 1.93 bits per heavy atom. The fourth-order valence-electron chi connectivity index (χ4n) is 3.59. The number of nitrogens with zero attached hydrogens (tertiary/aromatic N) is 5. The molecule has 1 unspecified atom stereocenters. The lowest BCUT2D eigenvalue weighted by atomic mass is 10.1. The van der Waals surface area contributed by atoms with Crippen molar-refractivity contribution >= 4 is 11.8 Å². The Labute approximate surface area is 165 Å². The highest BCUT2D eigenvalue weighted by atomic mass is 16.2. The zero-order chi connectivity index (χ0) is 20.1. The van der Waals surface area contributed by atoms with E-state index in [-0.39, 0.29) is 18.4 Å². The van der Waals surface area contributed by atoms with Gasteiger partial charge >= 0.3 is 0 Å². The Balaban J connectivity index is 1.64. The van der Waals surface area contributed by atoms with Crippen LogP contribution in [0.15, 0.2) is 30.3 Å². The van der Waals surface area contributed by atoms with Crippen molar-refractivity contribution in [1.82, 2.24) is 29.9 Å². The number of aromatic nitrogens is 3. The molecule has 8 heteroatoms. The number of benzene rings is 1. The van der Waals surface area contributed by atoms with Crippen molar-refractivity contribution in [2.75, 3.05) is 33.2 Å². The van der Waals surface area contributed by atoms with Crippen molar-refractivity contribution < 1.29 is 9.59 Å². The van der Waals surface area contributed by atoms with Gasteiger partial charge in [0.1, 0.15) is 24.2 Å². The first kappa shape index (κ1) is 20.0. The van der Waals surface area contributed by atoms with Gasteiger partial charge in [0.25, 0.3) is 0 Å². The van der Waals surface area contributed by atoms with Crippen molar-refractivity contribution in [1.29, 1.82) is 0 Å². The molecule has 0 bridgehead atoms. The van der Waals surface area contributed by atoms with Gasteiger partial charge in [-0.05, 0) is 25.8 Å². The summed E-state index contributed by atoms with van der Waals surface area (Å²) in [5.41, 5.74) is 1.27. The van der Waals surface area contributed by atoms with Gasteiger partial charge in [-0.25, -0.2) is 9.67 Å². The average Bonchev–Trinajstić information content (AvgIpc) is 3.02. The predicted octanol–water partition coefficient (Wildman–Crippen LogP) is 0.396. The molecule has 1 saturated heterocycles. The van der Waals surface area contributed by atoms with E-state index in [1.54, 1.807) is 23.6 Å². The van der Waals surface area contributed by atoms with Gasteiger partial charge in [-0.1, -0.05) is 30.3 Å². The molecule has 1 N–H and O–H groups in total. The van der Waals surface area contributed by atoms with Crippen molar-refractivity contribution in [3.05, 3.63) is 47.5 Å². The molecule has 150 valence electrons. The minimum Gasteiger partial charge on any atom is -0.357 e. The number of likely N-dealkylation sites (N-methyl/N-ethyl adjacent to an activating group) is 1. The fraction of sp³-hybridized carbons (Fsp3) is 0.500. The van der Waals surface area contributed by atoms with Crippen LogP contribution in [0.1, 0.15) is 17.2 Å². The van der Waals surface area contributed by atoms with E-state index in [1.165, 1.54) is 5.56 Å². The van der Waals surface area contributed by atoms with Crippen LogP contribution >= 0.6 is 0 Å². The number of amides is 2. The van der Waals surface area contributed by atoms with Crippen molar-refractivity contribution in [3.8, 4) is 0 Å². The quantitative estimate of drug-likeness (QED) is 0.779. The molecule has 8 nitrogen and oxygen atoms in total. The Morgan fingerprint density at radius 1 is 1.18 bits per heavy atom. The minimum atomic E-state index is -0.494. The molecule has 2 heterocycles. The van der Waals surface area contributed by atoms with Gasteiger partial charge in [0.05, 0.1) is 0 Å². The van der Waals surface area contributed by atoms with Crippen LogP contribution in [0, 0.1) is 13.8 Å². The standard InChI is InChI=1S/C20H28N6O2/c1-15-22-16(2)26(23-15)14-19(27)25-12-11-24(13-18(25)20(28)21-3)10-9-17-7-5-4-6-8-17/h4-8,18H,9-14H2,1-3H3,(H,21,28). The van der Waals surface area contributed by atoms with Gasteiger partial charge in [0.2, 0.25) is 11.8 Å². The van der Waals surface area contributed by atoms with Crippen molar-refractivity contribution in [2.45, 2.75) is 32.9 Å². The number of carbonyl (C=O) groups is 2. The van der Waals surface area contributed by atoms with E-state index in [1.807, 2.05) is 25.1 Å². The summed E-state index contributed by atoms with van der Waals surface area (Å²) in [4.78, 5) is 33.5. The van der Waals surface area contributed by atoms with Gasteiger partial charge in [0, 0.05) is 33.2 Å². The van der Waals surface area contributed by atoms with Crippen LogP contribution in [0.25, 0.3) is 0 Å². The van der Waals surface area contributed by atoms with E-state index in [0.717, 1.165) is 19.5 Å². The molecule has 0 saturated carbocycles. The maximum absolute atomic E-state index is 12.9.